The van der Waals surface area contributed by atoms with Gasteiger partial charge in [-0.2, -0.15) is 4.31 Å². The molecule has 9 heteroatoms. The van der Waals surface area contributed by atoms with Gasteiger partial charge in [-0.25, -0.2) is 8.42 Å². The van der Waals surface area contributed by atoms with Crippen LogP contribution in [0.1, 0.15) is 18.4 Å². The summed E-state index contributed by atoms with van der Waals surface area (Å²) < 4.78 is 31.7. The van der Waals surface area contributed by atoms with Crippen molar-refractivity contribution in [1.82, 2.24) is 9.62 Å². The van der Waals surface area contributed by atoms with Gasteiger partial charge in [0, 0.05) is 19.6 Å². The van der Waals surface area contributed by atoms with Gasteiger partial charge in [-0.3, -0.25) is 9.59 Å². The summed E-state index contributed by atoms with van der Waals surface area (Å²) in [4.78, 5) is 24.3. The number of carbonyl (C=O) groups is 2. The van der Waals surface area contributed by atoms with Crippen LogP contribution in [-0.4, -0.2) is 51.3 Å². The molecule has 1 aliphatic rings. The minimum absolute atomic E-state index is 0.246. The molecule has 0 radical (unpaired) electrons. The van der Waals surface area contributed by atoms with E-state index in [1.54, 1.807) is 48.5 Å². The summed E-state index contributed by atoms with van der Waals surface area (Å²) in [6, 6.07) is 13.4. The Morgan fingerprint density at radius 3 is 2.33 bits per heavy atom. The third-order valence-electron chi connectivity index (χ3n) is 4.89. The van der Waals surface area contributed by atoms with Crippen LogP contribution in [0.25, 0.3) is 0 Å². The first-order valence-electron chi connectivity index (χ1n) is 9.73. The minimum Gasteiger partial charge on any atom is -0.495 e. The summed E-state index contributed by atoms with van der Waals surface area (Å²) in [5.74, 6) is -1.08. The highest BCUT2D eigenvalue weighted by atomic mass is 32.2. The quantitative estimate of drug-likeness (QED) is 0.650. The maximum Gasteiger partial charge on any atom is 0.313 e. The first kappa shape index (κ1) is 21.8. The molecule has 2 N–H and O–H groups in total. The molecule has 0 aliphatic carbocycles. The maximum atomic E-state index is 12.5. The lowest BCUT2D eigenvalue weighted by molar-refractivity contribution is -0.136. The van der Waals surface area contributed by atoms with E-state index in [-0.39, 0.29) is 11.4 Å². The van der Waals surface area contributed by atoms with Gasteiger partial charge in [-0.05, 0) is 49.1 Å². The van der Waals surface area contributed by atoms with E-state index in [1.807, 2.05) is 0 Å². The number of nitrogens with zero attached hydrogens (tertiary/aromatic N) is 1. The Morgan fingerprint density at radius 1 is 1.00 bits per heavy atom. The molecule has 0 spiro atoms. The maximum absolute atomic E-state index is 12.5. The molecule has 8 nitrogen and oxygen atoms in total. The molecular formula is C21H25N3O5S. The Hall–Kier alpha value is -2.91. The largest absolute Gasteiger partial charge is 0.495 e. The molecule has 2 amide bonds. The van der Waals surface area contributed by atoms with Crippen molar-refractivity contribution in [3.8, 4) is 5.75 Å². The Balaban J connectivity index is 1.50. The minimum atomic E-state index is -3.44. The van der Waals surface area contributed by atoms with Crippen LogP contribution in [0.15, 0.2) is 53.4 Å². The van der Waals surface area contributed by atoms with Crippen LogP contribution in [0.4, 0.5) is 5.69 Å². The van der Waals surface area contributed by atoms with E-state index >= 15 is 0 Å². The number of benzene rings is 2. The number of carbonyl (C=O) groups excluding carboxylic acids is 2. The second-order valence-corrected chi connectivity index (χ2v) is 8.85. The number of rotatable bonds is 7. The van der Waals surface area contributed by atoms with E-state index < -0.39 is 21.8 Å². The van der Waals surface area contributed by atoms with Crippen LogP contribution in [0.5, 0.6) is 5.75 Å². The van der Waals surface area contributed by atoms with Gasteiger partial charge >= 0.3 is 11.8 Å². The van der Waals surface area contributed by atoms with Crippen LogP contribution >= 0.6 is 0 Å². The van der Waals surface area contributed by atoms with Gasteiger partial charge in [0.1, 0.15) is 5.75 Å². The Kier molecular flexibility index (Phi) is 7.07. The number of methoxy groups -OCH3 is 1. The fraction of sp³-hybridized carbons (Fsp3) is 0.333. The highest BCUT2D eigenvalue weighted by Crippen LogP contribution is 2.23. The van der Waals surface area contributed by atoms with Gasteiger partial charge in [0.25, 0.3) is 0 Å². The fourth-order valence-corrected chi connectivity index (χ4v) is 4.75. The lowest BCUT2D eigenvalue weighted by Gasteiger charge is -2.15. The number of ether oxygens (including phenoxy) is 1. The molecule has 0 bridgehead atoms. The van der Waals surface area contributed by atoms with E-state index in [0.717, 1.165) is 18.4 Å². The van der Waals surface area contributed by atoms with Crippen molar-refractivity contribution < 1.29 is 22.7 Å². The van der Waals surface area contributed by atoms with E-state index in [9.17, 15) is 18.0 Å². The van der Waals surface area contributed by atoms with Crippen molar-refractivity contribution in [2.45, 2.75) is 24.2 Å². The normalized spacial score (nSPS) is 14.3. The summed E-state index contributed by atoms with van der Waals surface area (Å²) in [5.41, 5.74) is 1.27. The van der Waals surface area contributed by atoms with Crippen LogP contribution < -0.4 is 15.4 Å². The molecule has 2 aromatic carbocycles. The topological polar surface area (TPSA) is 105 Å². The smallest absolute Gasteiger partial charge is 0.313 e. The third-order valence-corrected chi connectivity index (χ3v) is 6.80. The molecule has 2 aromatic rings. The molecule has 3 rings (SSSR count). The highest BCUT2D eigenvalue weighted by Gasteiger charge is 2.26. The fourth-order valence-electron chi connectivity index (χ4n) is 3.23. The molecule has 30 heavy (non-hydrogen) atoms. The Morgan fingerprint density at radius 2 is 1.67 bits per heavy atom. The molecule has 1 fully saturated rings. The first-order valence-corrected chi connectivity index (χ1v) is 11.2. The van der Waals surface area contributed by atoms with Crippen molar-refractivity contribution in [1.29, 1.82) is 0 Å². The number of amides is 2. The second-order valence-electron chi connectivity index (χ2n) is 6.92. The van der Waals surface area contributed by atoms with Gasteiger partial charge in [0.2, 0.25) is 10.0 Å². The van der Waals surface area contributed by atoms with E-state index in [0.29, 0.717) is 30.9 Å². The highest BCUT2D eigenvalue weighted by molar-refractivity contribution is 7.89. The molecule has 0 atom stereocenters. The zero-order chi connectivity index (χ0) is 21.6. The van der Waals surface area contributed by atoms with Gasteiger partial charge in [0.05, 0.1) is 17.7 Å². The van der Waals surface area contributed by atoms with Gasteiger partial charge in [0.15, 0.2) is 0 Å². The number of sulfonamides is 1. The number of para-hydroxylation sites is 2. The first-order chi connectivity index (χ1) is 14.4. The van der Waals surface area contributed by atoms with E-state index in [4.69, 9.17) is 4.74 Å². The van der Waals surface area contributed by atoms with Gasteiger partial charge < -0.3 is 15.4 Å². The van der Waals surface area contributed by atoms with Crippen molar-refractivity contribution in [3.05, 3.63) is 54.1 Å². The van der Waals surface area contributed by atoms with Gasteiger partial charge in [-0.15, -0.1) is 0 Å². The van der Waals surface area contributed by atoms with Crippen LogP contribution in [0, 0.1) is 0 Å². The predicted molar refractivity (Wildman–Crippen MR) is 113 cm³/mol. The molecule has 160 valence electrons. The van der Waals surface area contributed by atoms with E-state index in [2.05, 4.69) is 10.6 Å². The van der Waals surface area contributed by atoms with Crippen molar-refractivity contribution >= 4 is 27.5 Å². The SMILES string of the molecule is COc1ccccc1NC(=O)C(=O)NCCc1ccc(S(=O)(=O)N2CCCC2)cc1. The molecule has 1 heterocycles. The molecule has 0 aromatic heterocycles. The van der Waals surface area contributed by atoms with Crippen molar-refractivity contribution in [2.75, 3.05) is 32.1 Å². The molecule has 1 saturated heterocycles. The average molecular weight is 432 g/mol. The Labute approximate surface area is 176 Å². The summed E-state index contributed by atoms with van der Waals surface area (Å²) in [7, 11) is -1.96. The summed E-state index contributed by atoms with van der Waals surface area (Å²) in [6.07, 6.45) is 2.25. The number of anilines is 1. The summed E-state index contributed by atoms with van der Waals surface area (Å²) >= 11 is 0. The predicted octanol–water partition coefficient (Wildman–Crippen LogP) is 1.78. The number of nitrogens with one attached hydrogen (secondary N) is 2. The Bertz CT molecular complexity index is 1000. The second kappa shape index (κ2) is 9.73. The van der Waals surface area contributed by atoms with Crippen LogP contribution in [0.3, 0.4) is 0 Å². The molecule has 0 unspecified atom stereocenters. The molecule has 0 saturated carbocycles. The summed E-state index contributed by atoms with van der Waals surface area (Å²) in [5, 5.41) is 5.07. The van der Waals surface area contributed by atoms with Gasteiger partial charge in [-0.1, -0.05) is 24.3 Å². The van der Waals surface area contributed by atoms with Crippen molar-refractivity contribution in [2.24, 2.45) is 0 Å². The molecule has 1 aliphatic heterocycles. The van der Waals surface area contributed by atoms with E-state index in [1.165, 1.54) is 11.4 Å². The average Bonchev–Trinajstić information content (AvgIpc) is 3.30. The lowest BCUT2D eigenvalue weighted by atomic mass is 10.1. The van der Waals surface area contributed by atoms with Crippen LogP contribution in [-0.2, 0) is 26.0 Å². The number of hydrogen-bond donors (Lipinski definition) is 2. The molecular weight excluding hydrogens is 406 g/mol. The zero-order valence-electron chi connectivity index (χ0n) is 16.8. The monoisotopic (exact) mass is 431 g/mol. The standard InChI is InChI=1S/C21H25N3O5S/c1-29-19-7-3-2-6-18(19)23-21(26)20(25)22-13-12-16-8-10-17(11-9-16)30(27,28)24-14-4-5-15-24/h2-3,6-11H,4-5,12-15H2,1H3,(H,22,25)(H,23,26). The summed E-state index contributed by atoms with van der Waals surface area (Å²) in [6.45, 7) is 1.37. The lowest BCUT2D eigenvalue weighted by Crippen LogP contribution is -2.36. The number of hydrogen-bond acceptors (Lipinski definition) is 5. The zero-order valence-corrected chi connectivity index (χ0v) is 17.6. The third kappa shape index (κ3) is 5.17. The van der Waals surface area contributed by atoms with Crippen molar-refractivity contribution in [3.63, 3.8) is 0 Å². The van der Waals surface area contributed by atoms with Crippen LogP contribution in [0.2, 0.25) is 0 Å².